The summed E-state index contributed by atoms with van der Waals surface area (Å²) >= 11 is 0. The van der Waals surface area contributed by atoms with Gasteiger partial charge in [-0.2, -0.15) is 0 Å². The summed E-state index contributed by atoms with van der Waals surface area (Å²) in [6.45, 7) is 3.22. The first-order valence-corrected chi connectivity index (χ1v) is 9.65. The van der Waals surface area contributed by atoms with Crippen LogP contribution in [0.2, 0.25) is 0 Å². The summed E-state index contributed by atoms with van der Waals surface area (Å²) in [6.07, 6.45) is -0.743. The van der Waals surface area contributed by atoms with Crippen LogP contribution in [0.3, 0.4) is 0 Å². The molecule has 1 aliphatic heterocycles. The number of benzene rings is 1. The van der Waals surface area contributed by atoms with Crippen molar-refractivity contribution in [2.45, 2.75) is 44.1 Å². The van der Waals surface area contributed by atoms with Crippen molar-refractivity contribution in [1.82, 2.24) is 4.90 Å². The number of carbonyl (C=O) groups excluding carboxylic acids is 1. The van der Waals surface area contributed by atoms with E-state index in [4.69, 9.17) is 9.47 Å². The molecule has 0 saturated carbocycles. The molecule has 5 atom stereocenters. The van der Waals surface area contributed by atoms with Gasteiger partial charge in [0.05, 0.1) is 25.2 Å². The predicted octanol–water partition coefficient (Wildman–Crippen LogP) is 0.899. The van der Waals surface area contributed by atoms with Gasteiger partial charge in [-0.3, -0.25) is 4.79 Å². The Labute approximate surface area is 171 Å². The van der Waals surface area contributed by atoms with Gasteiger partial charge in [-0.15, -0.1) is 0 Å². The molecule has 0 aromatic heterocycles. The molecule has 3 N–H and O–H groups in total. The lowest BCUT2D eigenvalue weighted by molar-refractivity contribution is -0.198. The van der Waals surface area contributed by atoms with Crippen molar-refractivity contribution >= 4 is 11.9 Å². The lowest BCUT2D eigenvalue weighted by Crippen LogP contribution is -2.70. The third-order valence-electron chi connectivity index (χ3n) is 6.08. The molecule has 1 heterocycles. The van der Waals surface area contributed by atoms with Gasteiger partial charge in [0.25, 0.3) is 0 Å². The number of aliphatic carboxylic acids is 1. The molecular weight excluding hydrogens is 378 g/mol. The van der Waals surface area contributed by atoms with Gasteiger partial charge in [0.2, 0.25) is 5.91 Å². The normalized spacial score (nSPS) is 29.1. The first kappa shape index (κ1) is 23.3. The second kappa shape index (κ2) is 9.21. The highest BCUT2D eigenvalue weighted by Crippen LogP contribution is 2.47. The monoisotopic (exact) mass is 409 g/mol. The van der Waals surface area contributed by atoms with Gasteiger partial charge in [-0.05, 0) is 17.9 Å². The number of carbonyl (C=O) groups is 2. The van der Waals surface area contributed by atoms with Crippen LogP contribution < -0.4 is 0 Å². The fraction of sp³-hybridized carbons (Fsp3) is 0.619. The first-order chi connectivity index (χ1) is 13.7. The highest BCUT2D eigenvalue weighted by Gasteiger charge is 2.72. The average Bonchev–Trinajstić information content (AvgIpc) is 2.85. The molecule has 1 saturated heterocycles. The minimum atomic E-state index is -2.19. The van der Waals surface area contributed by atoms with Gasteiger partial charge in [-0.1, -0.05) is 44.2 Å². The fourth-order valence-electron chi connectivity index (χ4n) is 4.30. The molecule has 0 spiro atoms. The van der Waals surface area contributed by atoms with E-state index in [-0.39, 0.29) is 12.3 Å². The van der Waals surface area contributed by atoms with Crippen molar-refractivity contribution in [1.29, 1.82) is 0 Å². The Morgan fingerprint density at radius 1 is 1.31 bits per heavy atom. The highest BCUT2D eigenvalue weighted by atomic mass is 16.5. The number of carboxylic acids is 1. The zero-order chi connectivity index (χ0) is 21.8. The predicted molar refractivity (Wildman–Crippen MR) is 105 cm³/mol. The number of aliphatic hydroxyl groups excluding tert-OH is 1. The van der Waals surface area contributed by atoms with Crippen molar-refractivity contribution in [3.63, 3.8) is 0 Å². The van der Waals surface area contributed by atoms with E-state index >= 15 is 0 Å². The van der Waals surface area contributed by atoms with Gasteiger partial charge in [0.15, 0.2) is 5.54 Å². The van der Waals surface area contributed by atoms with Gasteiger partial charge < -0.3 is 29.7 Å². The van der Waals surface area contributed by atoms with Crippen molar-refractivity contribution in [2.24, 2.45) is 11.8 Å². The third-order valence-corrected chi connectivity index (χ3v) is 6.08. The van der Waals surface area contributed by atoms with E-state index < -0.39 is 41.6 Å². The van der Waals surface area contributed by atoms with Crippen LogP contribution in [0.5, 0.6) is 0 Å². The lowest BCUT2D eigenvalue weighted by Gasteiger charge is -2.45. The van der Waals surface area contributed by atoms with Crippen molar-refractivity contribution in [3.05, 3.63) is 35.9 Å². The van der Waals surface area contributed by atoms with Gasteiger partial charge in [0.1, 0.15) is 5.60 Å². The number of carboxylic acid groups (broad SMARTS) is 1. The molecule has 8 heteroatoms. The van der Waals surface area contributed by atoms with Gasteiger partial charge in [0, 0.05) is 20.8 Å². The molecule has 8 nitrogen and oxygen atoms in total. The summed E-state index contributed by atoms with van der Waals surface area (Å²) in [5, 5.41) is 31.3. The maximum atomic E-state index is 12.5. The molecule has 29 heavy (non-hydrogen) atoms. The van der Waals surface area contributed by atoms with Crippen LogP contribution in [0, 0.1) is 11.8 Å². The van der Waals surface area contributed by atoms with E-state index in [0.29, 0.717) is 13.2 Å². The summed E-state index contributed by atoms with van der Waals surface area (Å²) in [6, 6.07) is 9.68. The summed E-state index contributed by atoms with van der Waals surface area (Å²) in [4.78, 5) is 25.6. The second-order valence-electron chi connectivity index (χ2n) is 7.83. The van der Waals surface area contributed by atoms with Crippen LogP contribution in [-0.4, -0.2) is 76.7 Å². The Hall–Kier alpha value is -2.00. The molecule has 1 aromatic rings. The van der Waals surface area contributed by atoms with Crippen molar-refractivity contribution in [3.8, 4) is 0 Å². The summed E-state index contributed by atoms with van der Waals surface area (Å²) in [5.41, 5.74) is -3.26. The van der Waals surface area contributed by atoms with Crippen LogP contribution in [0.4, 0.5) is 0 Å². The van der Waals surface area contributed by atoms with Crippen LogP contribution >= 0.6 is 0 Å². The Bertz CT molecular complexity index is 712. The third kappa shape index (κ3) is 3.90. The number of ether oxygens (including phenoxy) is 2. The molecule has 0 aliphatic carbocycles. The van der Waals surface area contributed by atoms with Gasteiger partial charge in [-0.25, -0.2) is 4.79 Å². The largest absolute Gasteiger partial charge is 0.479 e. The summed E-state index contributed by atoms with van der Waals surface area (Å²) < 4.78 is 11.2. The molecule has 0 radical (unpaired) electrons. The molecule has 1 fully saturated rings. The fourth-order valence-corrected chi connectivity index (χ4v) is 4.30. The maximum Gasteiger partial charge on any atom is 0.335 e. The minimum absolute atomic E-state index is 0.0916. The van der Waals surface area contributed by atoms with E-state index in [1.54, 1.807) is 0 Å². The second-order valence-corrected chi connectivity index (χ2v) is 7.83. The molecule has 1 amide bonds. The van der Waals surface area contributed by atoms with Crippen LogP contribution in [-0.2, 0) is 25.7 Å². The number of amides is 1. The van der Waals surface area contributed by atoms with Crippen LogP contribution in [0.25, 0.3) is 0 Å². The molecule has 0 bridgehead atoms. The molecule has 1 aromatic carbocycles. The standard InChI is InChI=1S/C21H31NO7/c1-14(11-29-12-16-8-6-5-7-9-16)10-17(28-4)21(27)15(2)18(24)22(3)20(21,13-23)19(25)26/h5-9,14-15,17,23,27H,10-13H2,1-4H3,(H,25,26)/t14-,15+,17+,20-,21-/m1/s1. The number of likely N-dealkylation sites (N-methyl/N-ethyl adjacent to an activating group) is 1. The van der Waals surface area contributed by atoms with E-state index in [0.717, 1.165) is 10.5 Å². The smallest absolute Gasteiger partial charge is 0.335 e. The topological polar surface area (TPSA) is 117 Å². The number of nitrogens with zero attached hydrogens (tertiary/aromatic N) is 1. The van der Waals surface area contributed by atoms with E-state index in [2.05, 4.69) is 0 Å². The SMILES string of the molecule is CO[C@@H](C[C@@H](C)COCc1ccccc1)[C@]1(O)[C@@H](C)C(=O)N(C)[C@]1(CO)C(=O)O. The van der Waals surface area contributed by atoms with E-state index in [9.17, 15) is 24.9 Å². The van der Waals surface area contributed by atoms with Crippen LogP contribution in [0.15, 0.2) is 30.3 Å². The highest BCUT2D eigenvalue weighted by molar-refractivity contribution is 5.95. The number of hydrogen-bond acceptors (Lipinski definition) is 6. The quantitative estimate of drug-likeness (QED) is 0.526. The Balaban J connectivity index is 2.17. The Morgan fingerprint density at radius 2 is 1.93 bits per heavy atom. The molecule has 162 valence electrons. The Kier molecular flexibility index (Phi) is 7.40. The number of rotatable bonds is 10. The number of aliphatic hydroxyl groups is 2. The first-order valence-electron chi connectivity index (χ1n) is 9.65. The number of hydrogen-bond donors (Lipinski definition) is 3. The maximum absolute atomic E-state index is 12.5. The van der Waals surface area contributed by atoms with Crippen molar-refractivity contribution < 1.29 is 34.4 Å². The van der Waals surface area contributed by atoms with E-state index in [1.165, 1.54) is 21.1 Å². The summed E-state index contributed by atoms with van der Waals surface area (Å²) in [7, 11) is 2.64. The average molecular weight is 409 g/mol. The zero-order valence-electron chi connectivity index (χ0n) is 17.4. The molecule has 1 aliphatic rings. The Morgan fingerprint density at radius 3 is 2.45 bits per heavy atom. The molecule has 0 unspecified atom stereocenters. The number of likely N-dealkylation sites (tertiary alicyclic amines) is 1. The molecule has 2 rings (SSSR count). The molecular formula is C21H31NO7. The van der Waals surface area contributed by atoms with Crippen molar-refractivity contribution in [2.75, 3.05) is 27.4 Å². The minimum Gasteiger partial charge on any atom is -0.479 e. The zero-order valence-corrected chi connectivity index (χ0v) is 17.4. The van der Waals surface area contributed by atoms with Gasteiger partial charge >= 0.3 is 5.97 Å². The summed E-state index contributed by atoms with van der Waals surface area (Å²) in [5.74, 6) is -3.18. The number of methoxy groups -OCH3 is 1. The lowest BCUT2D eigenvalue weighted by atomic mass is 9.70. The van der Waals surface area contributed by atoms with E-state index in [1.807, 2.05) is 37.3 Å². The van der Waals surface area contributed by atoms with Crippen LogP contribution in [0.1, 0.15) is 25.8 Å².